The molecule has 80 valence electrons. The molecule has 1 unspecified atom stereocenters. The third kappa shape index (κ3) is 3.53. The molecule has 1 atom stereocenters. The van der Waals surface area contributed by atoms with Crippen LogP contribution in [0.15, 0.2) is 36.0 Å². The molecule has 0 fully saturated rings. The fourth-order valence-corrected chi connectivity index (χ4v) is 1.91. The van der Waals surface area contributed by atoms with Crippen molar-refractivity contribution in [1.29, 1.82) is 0 Å². The second-order valence-corrected chi connectivity index (χ2v) is 3.45. The van der Waals surface area contributed by atoms with E-state index < -0.39 is 0 Å². The van der Waals surface area contributed by atoms with Gasteiger partial charge in [0.05, 0.1) is 0 Å². The van der Waals surface area contributed by atoms with E-state index in [2.05, 4.69) is 26.5 Å². The van der Waals surface area contributed by atoms with Crippen molar-refractivity contribution in [1.82, 2.24) is 0 Å². The summed E-state index contributed by atoms with van der Waals surface area (Å²) in [6.07, 6.45) is 9.99. The van der Waals surface area contributed by atoms with Gasteiger partial charge in [0.25, 0.3) is 0 Å². The molecule has 1 rings (SSSR count). The zero-order valence-corrected chi connectivity index (χ0v) is 10.1. The monoisotopic (exact) mass is 192 g/mol. The molecule has 0 N–H and O–H groups in total. The Morgan fingerprint density at radius 2 is 2.07 bits per heavy atom. The molecule has 0 amide bonds. The highest BCUT2D eigenvalue weighted by atomic mass is 14.2. The summed E-state index contributed by atoms with van der Waals surface area (Å²) in [4.78, 5) is 0. The molecule has 0 saturated carbocycles. The molecule has 0 aromatic heterocycles. The molecular weight excluding hydrogens is 168 g/mol. The molecule has 0 aromatic carbocycles. The zero-order chi connectivity index (χ0) is 11.0. The second-order valence-electron chi connectivity index (χ2n) is 3.45. The van der Waals surface area contributed by atoms with Gasteiger partial charge in [0, 0.05) is 0 Å². The predicted octanol–water partition coefficient (Wildman–Crippen LogP) is 4.89. The van der Waals surface area contributed by atoms with Crippen LogP contribution in [0.3, 0.4) is 0 Å². The Balaban J connectivity index is 0.000000791. The van der Waals surface area contributed by atoms with Gasteiger partial charge in [0.15, 0.2) is 0 Å². The van der Waals surface area contributed by atoms with E-state index in [9.17, 15) is 0 Å². The first kappa shape index (κ1) is 13.2. The molecule has 0 heteroatoms. The molecule has 0 radical (unpaired) electrons. The molecule has 0 nitrogen and oxygen atoms in total. The fourth-order valence-electron chi connectivity index (χ4n) is 1.91. The molecule has 0 heterocycles. The van der Waals surface area contributed by atoms with Gasteiger partial charge in [0.1, 0.15) is 0 Å². The van der Waals surface area contributed by atoms with Crippen LogP contribution in [0.25, 0.3) is 0 Å². The maximum Gasteiger partial charge on any atom is -0.0200 e. The van der Waals surface area contributed by atoms with Crippen molar-refractivity contribution in [3.8, 4) is 0 Å². The zero-order valence-electron chi connectivity index (χ0n) is 10.1. The molecule has 0 bridgehead atoms. The minimum Gasteiger partial charge on any atom is -0.0991 e. The highest BCUT2D eigenvalue weighted by Gasteiger charge is 2.18. The molecule has 1 aliphatic carbocycles. The molecule has 0 spiro atoms. The van der Waals surface area contributed by atoms with Crippen LogP contribution in [-0.4, -0.2) is 0 Å². The van der Waals surface area contributed by atoms with Crippen LogP contribution in [0.5, 0.6) is 0 Å². The summed E-state index contributed by atoms with van der Waals surface area (Å²) >= 11 is 0. The SMILES string of the molecule is C=C/C=C\C1=C(C)C(CC)CC1.CC. The van der Waals surface area contributed by atoms with E-state index in [0.29, 0.717) is 0 Å². The summed E-state index contributed by atoms with van der Waals surface area (Å²) in [5, 5.41) is 0. The lowest BCUT2D eigenvalue weighted by atomic mass is 10.00. The van der Waals surface area contributed by atoms with E-state index in [1.165, 1.54) is 24.8 Å². The minimum atomic E-state index is 0.842. The number of allylic oxidation sites excluding steroid dienone is 5. The Morgan fingerprint density at radius 1 is 1.43 bits per heavy atom. The van der Waals surface area contributed by atoms with Gasteiger partial charge in [-0.1, -0.05) is 51.2 Å². The van der Waals surface area contributed by atoms with E-state index in [1.807, 2.05) is 26.0 Å². The number of rotatable bonds is 3. The van der Waals surface area contributed by atoms with Crippen LogP contribution in [0, 0.1) is 5.92 Å². The summed E-state index contributed by atoms with van der Waals surface area (Å²) in [5.74, 6) is 0.842. The first-order chi connectivity index (χ1) is 6.79. The largest absolute Gasteiger partial charge is 0.0991 e. The fraction of sp³-hybridized carbons (Fsp3) is 0.571. The maximum atomic E-state index is 3.68. The predicted molar refractivity (Wildman–Crippen MR) is 66.4 cm³/mol. The van der Waals surface area contributed by atoms with Crippen LogP contribution in [0.4, 0.5) is 0 Å². The summed E-state index contributed by atoms with van der Waals surface area (Å²) in [6.45, 7) is 12.2. The average Bonchev–Trinajstić information content (AvgIpc) is 2.59. The lowest BCUT2D eigenvalue weighted by molar-refractivity contribution is 0.585. The van der Waals surface area contributed by atoms with E-state index in [0.717, 1.165) is 5.92 Å². The summed E-state index contributed by atoms with van der Waals surface area (Å²) in [6, 6.07) is 0. The molecule has 0 aromatic rings. The molecule has 0 saturated heterocycles. The van der Waals surface area contributed by atoms with Crippen molar-refractivity contribution >= 4 is 0 Å². The summed E-state index contributed by atoms with van der Waals surface area (Å²) in [5.41, 5.74) is 3.12. The van der Waals surface area contributed by atoms with Crippen molar-refractivity contribution in [3.63, 3.8) is 0 Å². The normalized spacial score (nSPS) is 21.0. The maximum absolute atomic E-state index is 3.68. The van der Waals surface area contributed by atoms with Crippen LogP contribution in [0.1, 0.15) is 47.0 Å². The van der Waals surface area contributed by atoms with Crippen molar-refractivity contribution in [2.75, 3.05) is 0 Å². The highest BCUT2D eigenvalue weighted by molar-refractivity contribution is 5.31. The van der Waals surface area contributed by atoms with E-state index >= 15 is 0 Å². The average molecular weight is 192 g/mol. The van der Waals surface area contributed by atoms with Crippen LogP contribution >= 0.6 is 0 Å². The van der Waals surface area contributed by atoms with Crippen molar-refractivity contribution in [2.45, 2.75) is 47.0 Å². The van der Waals surface area contributed by atoms with Gasteiger partial charge in [-0.05, 0) is 37.7 Å². The standard InChI is InChI=1S/C12H18.C2H6/c1-4-6-7-12-9-8-11(5-2)10(12)3;1-2/h4,6-7,11H,1,5,8-9H2,2-3H3;1-2H3/b7-6-;. The third-order valence-electron chi connectivity index (χ3n) is 2.81. The first-order valence-electron chi connectivity index (χ1n) is 5.78. The minimum absolute atomic E-state index is 0.842. The van der Waals surface area contributed by atoms with Crippen LogP contribution in [-0.2, 0) is 0 Å². The molecule has 14 heavy (non-hydrogen) atoms. The first-order valence-corrected chi connectivity index (χ1v) is 5.78. The lowest BCUT2D eigenvalue weighted by Crippen LogP contribution is -1.92. The number of hydrogen-bond acceptors (Lipinski definition) is 0. The van der Waals surface area contributed by atoms with Gasteiger partial charge in [-0.3, -0.25) is 0 Å². The van der Waals surface area contributed by atoms with E-state index in [-0.39, 0.29) is 0 Å². The van der Waals surface area contributed by atoms with Gasteiger partial charge >= 0.3 is 0 Å². The highest BCUT2D eigenvalue weighted by Crippen LogP contribution is 2.34. The van der Waals surface area contributed by atoms with E-state index in [1.54, 1.807) is 5.57 Å². The Labute approximate surface area is 89.4 Å². The topological polar surface area (TPSA) is 0 Å². The van der Waals surface area contributed by atoms with E-state index in [4.69, 9.17) is 0 Å². The second kappa shape index (κ2) is 7.61. The van der Waals surface area contributed by atoms with Crippen LogP contribution < -0.4 is 0 Å². The van der Waals surface area contributed by atoms with Crippen LogP contribution in [0.2, 0.25) is 0 Å². The van der Waals surface area contributed by atoms with Crippen molar-refractivity contribution in [3.05, 3.63) is 36.0 Å². The van der Waals surface area contributed by atoms with Gasteiger partial charge < -0.3 is 0 Å². The third-order valence-corrected chi connectivity index (χ3v) is 2.81. The summed E-state index contributed by atoms with van der Waals surface area (Å²) in [7, 11) is 0. The quantitative estimate of drug-likeness (QED) is 0.558. The molecule has 0 aliphatic heterocycles. The number of hydrogen-bond donors (Lipinski definition) is 0. The lowest BCUT2D eigenvalue weighted by Gasteiger charge is -2.06. The van der Waals surface area contributed by atoms with Crippen molar-refractivity contribution in [2.24, 2.45) is 5.92 Å². The van der Waals surface area contributed by atoms with Gasteiger partial charge in [-0.25, -0.2) is 0 Å². The molecule has 1 aliphatic rings. The van der Waals surface area contributed by atoms with Gasteiger partial charge in [-0.15, -0.1) is 0 Å². The van der Waals surface area contributed by atoms with Gasteiger partial charge in [0.2, 0.25) is 0 Å². The van der Waals surface area contributed by atoms with Crippen molar-refractivity contribution < 1.29 is 0 Å². The Bertz CT molecular complexity index is 218. The Kier molecular flexibility index (Phi) is 7.18. The Hall–Kier alpha value is -0.780. The summed E-state index contributed by atoms with van der Waals surface area (Å²) < 4.78 is 0. The van der Waals surface area contributed by atoms with Gasteiger partial charge in [-0.2, -0.15) is 0 Å². The smallest absolute Gasteiger partial charge is 0.0200 e. The molecular formula is C14H24. The Morgan fingerprint density at radius 3 is 2.50 bits per heavy atom.